The molecule has 0 fully saturated rings. The van der Waals surface area contributed by atoms with Crippen LogP contribution >= 0.6 is 11.6 Å². The van der Waals surface area contributed by atoms with Gasteiger partial charge < -0.3 is 15.7 Å². The molecule has 1 aromatic rings. The summed E-state index contributed by atoms with van der Waals surface area (Å²) in [4.78, 5) is 45.1. The second-order valence-electron chi connectivity index (χ2n) is 5.90. The number of halogens is 1. The number of benzene rings is 1. The van der Waals surface area contributed by atoms with E-state index in [4.69, 9.17) is 16.7 Å². The van der Waals surface area contributed by atoms with E-state index in [-0.39, 0.29) is 41.6 Å². The van der Waals surface area contributed by atoms with Gasteiger partial charge in [0.05, 0.1) is 15.5 Å². The highest BCUT2D eigenvalue weighted by molar-refractivity contribution is 6.34. The summed E-state index contributed by atoms with van der Waals surface area (Å²) in [6.07, 6.45) is 0.200. The Morgan fingerprint density at radius 1 is 1.31 bits per heavy atom. The Morgan fingerprint density at radius 3 is 2.46 bits per heavy atom. The summed E-state index contributed by atoms with van der Waals surface area (Å²) >= 11 is 5.92. The summed E-state index contributed by atoms with van der Waals surface area (Å²) in [5, 5.41) is 24.3. The predicted octanol–water partition coefficient (Wildman–Crippen LogP) is 1.98. The third-order valence-electron chi connectivity index (χ3n) is 3.51. The minimum atomic E-state index is -0.958. The van der Waals surface area contributed by atoms with Crippen LogP contribution in [0.4, 0.5) is 5.69 Å². The second-order valence-corrected chi connectivity index (χ2v) is 6.31. The number of non-ortho nitro benzene ring substituents is 1. The number of carboxylic acid groups (broad SMARTS) is 1. The van der Waals surface area contributed by atoms with Gasteiger partial charge in [0.25, 0.3) is 11.6 Å². The molecule has 0 bridgehead atoms. The van der Waals surface area contributed by atoms with E-state index in [1.807, 2.05) is 0 Å². The molecule has 0 aliphatic rings. The third kappa shape index (κ3) is 6.32. The monoisotopic (exact) mass is 385 g/mol. The van der Waals surface area contributed by atoms with Gasteiger partial charge in [0.2, 0.25) is 5.91 Å². The molecule has 0 aliphatic heterocycles. The minimum absolute atomic E-state index is 0.0154. The lowest BCUT2D eigenvalue weighted by molar-refractivity contribution is -0.384. The van der Waals surface area contributed by atoms with Crippen LogP contribution in [0.25, 0.3) is 0 Å². The van der Waals surface area contributed by atoms with Crippen LogP contribution in [-0.4, -0.2) is 40.4 Å². The maximum absolute atomic E-state index is 12.4. The average Bonchev–Trinajstić information content (AvgIpc) is 2.55. The van der Waals surface area contributed by atoms with E-state index in [9.17, 15) is 24.5 Å². The first kappa shape index (κ1) is 21.4. The smallest absolute Gasteiger partial charge is 0.303 e. The van der Waals surface area contributed by atoms with Crippen LogP contribution in [0.3, 0.4) is 0 Å². The van der Waals surface area contributed by atoms with Crippen molar-refractivity contribution in [3.63, 3.8) is 0 Å². The Hall–Kier alpha value is -2.68. The summed E-state index contributed by atoms with van der Waals surface area (Å²) < 4.78 is 0. The number of nitro groups is 1. The number of rotatable bonds is 9. The Kier molecular flexibility index (Phi) is 7.98. The fraction of sp³-hybridized carbons (Fsp3) is 0.438. The van der Waals surface area contributed by atoms with E-state index in [1.165, 1.54) is 6.07 Å². The van der Waals surface area contributed by atoms with Crippen LogP contribution in [-0.2, 0) is 9.59 Å². The fourth-order valence-electron chi connectivity index (χ4n) is 2.12. The zero-order valence-electron chi connectivity index (χ0n) is 14.3. The highest BCUT2D eigenvalue weighted by Crippen LogP contribution is 2.22. The van der Waals surface area contributed by atoms with Crippen molar-refractivity contribution < 1.29 is 24.4 Å². The van der Waals surface area contributed by atoms with Crippen molar-refractivity contribution in [2.75, 3.05) is 6.54 Å². The molecule has 0 radical (unpaired) electrons. The molecular weight excluding hydrogens is 366 g/mol. The zero-order valence-corrected chi connectivity index (χ0v) is 15.1. The molecule has 0 spiro atoms. The lowest BCUT2D eigenvalue weighted by Crippen LogP contribution is -2.50. The summed E-state index contributed by atoms with van der Waals surface area (Å²) in [7, 11) is 0. The molecule has 1 unspecified atom stereocenters. The van der Waals surface area contributed by atoms with E-state index >= 15 is 0 Å². The van der Waals surface area contributed by atoms with Gasteiger partial charge in [-0.25, -0.2) is 0 Å². The van der Waals surface area contributed by atoms with Crippen LogP contribution in [0.15, 0.2) is 18.2 Å². The molecule has 1 aromatic carbocycles. The SMILES string of the molecule is CC(C)C(NC(=O)c1ccc([N+](=O)[O-])cc1Cl)C(=O)NCCCC(=O)O. The van der Waals surface area contributed by atoms with Gasteiger partial charge in [-0.05, 0) is 18.4 Å². The first-order valence-corrected chi connectivity index (χ1v) is 8.25. The Morgan fingerprint density at radius 2 is 1.96 bits per heavy atom. The maximum atomic E-state index is 12.4. The van der Waals surface area contributed by atoms with Crippen LogP contribution in [0.2, 0.25) is 5.02 Å². The number of nitro benzene ring substituents is 1. The minimum Gasteiger partial charge on any atom is -0.481 e. The number of amides is 2. The summed E-state index contributed by atoms with van der Waals surface area (Å²) in [5.74, 6) is -2.28. The number of aliphatic carboxylic acids is 1. The molecule has 1 rings (SSSR count). The highest BCUT2D eigenvalue weighted by Gasteiger charge is 2.25. The molecule has 0 saturated heterocycles. The summed E-state index contributed by atoms with van der Waals surface area (Å²) in [6, 6.07) is 2.57. The number of carbonyl (C=O) groups is 3. The first-order valence-electron chi connectivity index (χ1n) is 7.87. The number of nitrogens with zero attached hydrogens (tertiary/aromatic N) is 1. The fourth-order valence-corrected chi connectivity index (χ4v) is 2.38. The molecule has 142 valence electrons. The quantitative estimate of drug-likeness (QED) is 0.337. The molecule has 2 amide bonds. The second kappa shape index (κ2) is 9.71. The highest BCUT2D eigenvalue weighted by atomic mass is 35.5. The van der Waals surface area contributed by atoms with E-state index in [0.29, 0.717) is 0 Å². The van der Waals surface area contributed by atoms with Gasteiger partial charge in [-0.2, -0.15) is 0 Å². The van der Waals surface area contributed by atoms with Gasteiger partial charge in [0.1, 0.15) is 6.04 Å². The van der Waals surface area contributed by atoms with Crippen molar-refractivity contribution >= 4 is 35.1 Å². The average molecular weight is 386 g/mol. The molecule has 0 aromatic heterocycles. The molecule has 26 heavy (non-hydrogen) atoms. The normalized spacial score (nSPS) is 11.7. The van der Waals surface area contributed by atoms with Gasteiger partial charge in [-0.15, -0.1) is 0 Å². The Labute approximate surface area is 154 Å². The van der Waals surface area contributed by atoms with Crippen LogP contribution in [0.5, 0.6) is 0 Å². The predicted molar refractivity (Wildman–Crippen MR) is 94.1 cm³/mol. The van der Waals surface area contributed by atoms with Gasteiger partial charge in [-0.1, -0.05) is 25.4 Å². The van der Waals surface area contributed by atoms with E-state index < -0.39 is 28.7 Å². The first-order chi connectivity index (χ1) is 12.1. The van der Waals surface area contributed by atoms with Gasteiger partial charge >= 0.3 is 5.97 Å². The van der Waals surface area contributed by atoms with Crippen LogP contribution < -0.4 is 10.6 Å². The Bertz CT molecular complexity index is 707. The number of nitrogens with one attached hydrogen (secondary N) is 2. The van der Waals surface area contributed by atoms with Crippen molar-refractivity contribution in [2.45, 2.75) is 32.7 Å². The van der Waals surface area contributed by atoms with Gasteiger partial charge in [0.15, 0.2) is 0 Å². The zero-order chi connectivity index (χ0) is 19.9. The molecule has 0 heterocycles. The molecule has 1 atom stereocenters. The van der Waals surface area contributed by atoms with Crippen molar-refractivity contribution in [2.24, 2.45) is 5.92 Å². The third-order valence-corrected chi connectivity index (χ3v) is 3.82. The standard InChI is InChI=1S/C16H20ClN3O6/c1-9(2)14(16(24)18-7-3-4-13(21)22)19-15(23)11-6-5-10(20(25)26)8-12(11)17/h5-6,8-9,14H,3-4,7H2,1-2H3,(H,18,24)(H,19,23)(H,21,22). The molecule has 10 heteroatoms. The van der Waals surface area contributed by atoms with Gasteiger partial charge in [0, 0.05) is 25.1 Å². The Balaban J connectivity index is 2.77. The molecule has 9 nitrogen and oxygen atoms in total. The van der Waals surface area contributed by atoms with Crippen molar-refractivity contribution in [1.29, 1.82) is 0 Å². The van der Waals surface area contributed by atoms with Crippen molar-refractivity contribution in [3.8, 4) is 0 Å². The lowest BCUT2D eigenvalue weighted by Gasteiger charge is -2.22. The van der Waals surface area contributed by atoms with Crippen LogP contribution in [0.1, 0.15) is 37.0 Å². The van der Waals surface area contributed by atoms with E-state index in [2.05, 4.69) is 10.6 Å². The largest absolute Gasteiger partial charge is 0.481 e. The van der Waals surface area contributed by atoms with Gasteiger partial charge in [-0.3, -0.25) is 24.5 Å². The maximum Gasteiger partial charge on any atom is 0.303 e. The van der Waals surface area contributed by atoms with Crippen molar-refractivity contribution in [3.05, 3.63) is 38.9 Å². The number of carboxylic acids is 1. The van der Waals surface area contributed by atoms with E-state index in [0.717, 1.165) is 12.1 Å². The number of hydrogen-bond donors (Lipinski definition) is 3. The summed E-state index contributed by atoms with van der Waals surface area (Å²) in [5.41, 5.74) is -0.232. The number of carbonyl (C=O) groups excluding carboxylic acids is 2. The summed E-state index contributed by atoms with van der Waals surface area (Å²) in [6.45, 7) is 3.64. The molecule has 0 saturated carbocycles. The van der Waals surface area contributed by atoms with Crippen LogP contribution in [0, 0.1) is 16.0 Å². The molecule has 0 aliphatic carbocycles. The molecule has 3 N–H and O–H groups in total. The lowest BCUT2D eigenvalue weighted by atomic mass is 10.0. The molecular formula is C16H20ClN3O6. The topological polar surface area (TPSA) is 139 Å². The van der Waals surface area contributed by atoms with E-state index in [1.54, 1.807) is 13.8 Å². The number of hydrogen-bond acceptors (Lipinski definition) is 5. The van der Waals surface area contributed by atoms with Crippen molar-refractivity contribution in [1.82, 2.24) is 10.6 Å².